The Morgan fingerprint density at radius 2 is 1.88 bits per heavy atom. The minimum absolute atomic E-state index is 0.119. The third-order valence-corrected chi connectivity index (χ3v) is 3.84. The van der Waals surface area contributed by atoms with Gasteiger partial charge in [-0.15, -0.1) is 0 Å². The zero-order valence-corrected chi connectivity index (χ0v) is 11.4. The van der Waals surface area contributed by atoms with Crippen molar-refractivity contribution in [3.05, 3.63) is 0 Å². The fourth-order valence-corrected chi connectivity index (χ4v) is 2.14. The molecule has 0 aromatic carbocycles. The maximum atomic E-state index is 11.6. The Morgan fingerprint density at radius 3 is 2.35 bits per heavy atom. The zero-order chi connectivity index (χ0) is 13.4. The summed E-state index contributed by atoms with van der Waals surface area (Å²) in [6.45, 7) is 6.26. The van der Waals surface area contributed by atoms with Crippen LogP contribution in [0.1, 0.15) is 33.6 Å². The molecule has 0 bridgehead atoms. The molecule has 2 N–H and O–H groups in total. The molecule has 0 rings (SSSR count). The molecule has 0 aliphatic heterocycles. The van der Waals surface area contributed by atoms with E-state index >= 15 is 0 Å². The molecule has 0 radical (unpaired) electrons. The molecule has 1 amide bonds. The van der Waals surface area contributed by atoms with E-state index < -0.39 is 22.0 Å². The summed E-state index contributed by atoms with van der Waals surface area (Å²) in [6, 6.07) is 0. The molecule has 0 saturated carbocycles. The summed E-state index contributed by atoms with van der Waals surface area (Å²) >= 11 is 0. The van der Waals surface area contributed by atoms with Gasteiger partial charge in [0.05, 0.1) is 6.42 Å². The average molecular weight is 263 g/mol. The van der Waals surface area contributed by atoms with E-state index in [0.717, 1.165) is 6.42 Å². The standard InChI is InChI=1S/C11H21NO4S/c1-8(2)4-5-12-10(13)7-17(16)9(3)6-11(14)15/h8-9H,4-7H2,1-3H3,(H,12,13)(H,14,15). The van der Waals surface area contributed by atoms with E-state index in [-0.39, 0.29) is 18.1 Å². The van der Waals surface area contributed by atoms with Gasteiger partial charge in [-0.25, -0.2) is 0 Å². The van der Waals surface area contributed by atoms with Crippen molar-refractivity contribution in [3.63, 3.8) is 0 Å². The van der Waals surface area contributed by atoms with E-state index in [2.05, 4.69) is 19.2 Å². The maximum Gasteiger partial charge on any atom is 0.304 e. The third-order valence-electron chi connectivity index (χ3n) is 2.23. The van der Waals surface area contributed by atoms with Gasteiger partial charge >= 0.3 is 5.97 Å². The van der Waals surface area contributed by atoms with Crippen LogP contribution in [0.25, 0.3) is 0 Å². The van der Waals surface area contributed by atoms with Crippen molar-refractivity contribution in [1.82, 2.24) is 5.32 Å². The minimum Gasteiger partial charge on any atom is -0.481 e. The predicted octanol–water partition coefficient (Wildman–Crippen LogP) is 0.761. The van der Waals surface area contributed by atoms with Gasteiger partial charge in [0.1, 0.15) is 5.75 Å². The quantitative estimate of drug-likeness (QED) is 0.677. The number of aliphatic carboxylic acids is 1. The van der Waals surface area contributed by atoms with E-state index in [1.165, 1.54) is 0 Å². The Bertz CT molecular complexity index is 291. The van der Waals surface area contributed by atoms with E-state index in [1.54, 1.807) is 6.92 Å². The Hall–Kier alpha value is -0.910. The third kappa shape index (κ3) is 8.85. The van der Waals surface area contributed by atoms with Crippen molar-refractivity contribution in [2.75, 3.05) is 12.3 Å². The Kier molecular flexibility index (Phi) is 7.78. The molecule has 0 aliphatic carbocycles. The molecule has 100 valence electrons. The fraction of sp³-hybridized carbons (Fsp3) is 0.818. The number of nitrogens with one attached hydrogen (secondary N) is 1. The number of hydrogen-bond acceptors (Lipinski definition) is 3. The summed E-state index contributed by atoms with van der Waals surface area (Å²) in [7, 11) is -1.42. The largest absolute Gasteiger partial charge is 0.481 e. The molecule has 0 heterocycles. The zero-order valence-electron chi connectivity index (χ0n) is 10.6. The van der Waals surface area contributed by atoms with Crippen LogP contribution in [-0.2, 0) is 20.4 Å². The lowest BCUT2D eigenvalue weighted by molar-refractivity contribution is -0.137. The smallest absolute Gasteiger partial charge is 0.304 e. The molecule has 6 heteroatoms. The monoisotopic (exact) mass is 263 g/mol. The van der Waals surface area contributed by atoms with Gasteiger partial charge in [-0.05, 0) is 12.3 Å². The maximum absolute atomic E-state index is 11.6. The van der Waals surface area contributed by atoms with Crippen molar-refractivity contribution in [2.45, 2.75) is 38.9 Å². The van der Waals surface area contributed by atoms with Crippen molar-refractivity contribution < 1.29 is 18.9 Å². The fourth-order valence-electron chi connectivity index (χ4n) is 1.16. The second-order valence-corrected chi connectivity index (χ2v) is 6.32. The molecular formula is C11H21NO4S. The number of rotatable bonds is 8. The van der Waals surface area contributed by atoms with Gasteiger partial charge < -0.3 is 10.4 Å². The van der Waals surface area contributed by atoms with Gasteiger partial charge in [-0.2, -0.15) is 0 Å². The first kappa shape index (κ1) is 16.1. The number of amides is 1. The van der Waals surface area contributed by atoms with Gasteiger partial charge in [0.2, 0.25) is 5.91 Å². The van der Waals surface area contributed by atoms with Crippen LogP contribution in [0.4, 0.5) is 0 Å². The highest BCUT2D eigenvalue weighted by Crippen LogP contribution is 2.02. The van der Waals surface area contributed by atoms with Gasteiger partial charge in [0, 0.05) is 22.6 Å². The SMILES string of the molecule is CC(C)CCNC(=O)CS(=O)C(C)CC(=O)O. The highest BCUT2D eigenvalue weighted by Gasteiger charge is 2.17. The summed E-state index contributed by atoms with van der Waals surface area (Å²) in [6.07, 6.45) is 0.703. The molecule has 0 spiro atoms. The van der Waals surface area contributed by atoms with Crippen LogP contribution in [-0.4, -0.2) is 38.7 Å². The first-order chi connectivity index (χ1) is 7.82. The molecule has 0 aromatic heterocycles. The molecule has 0 fully saturated rings. The predicted molar refractivity (Wildman–Crippen MR) is 67.2 cm³/mol. The summed E-state index contributed by atoms with van der Waals surface area (Å²) < 4.78 is 11.6. The van der Waals surface area contributed by atoms with Crippen molar-refractivity contribution in [1.29, 1.82) is 0 Å². The molecule has 0 aliphatic rings. The van der Waals surface area contributed by atoms with Crippen molar-refractivity contribution in [3.8, 4) is 0 Å². The van der Waals surface area contributed by atoms with Gasteiger partial charge in [0.15, 0.2) is 0 Å². The molecule has 17 heavy (non-hydrogen) atoms. The molecular weight excluding hydrogens is 242 g/mol. The first-order valence-corrected chi connectivity index (χ1v) is 7.06. The highest BCUT2D eigenvalue weighted by atomic mass is 32.2. The summed E-state index contributed by atoms with van der Waals surface area (Å²) in [5, 5.41) is 10.7. The van der Waals surface area contributed by atoms with E-state index in [9.17, 15) is 13.8 Å². The number of hydrogen-bond donors (Lipinski definition) is 2. The van der Waals surface area contributed by atoms with Crippen LogP contribution in [0.15, 0.2) is 0 Å². The van der Waals surface area contributed by atoms with E-state index in [0.29, 0.717) is 12.5 Å². The lowest BCUT2D eigenvalue weighted by Gasteiger charge is -2.10. The highest BCUT2D eigenvalue weighted by molar-refractivity contribution is 7.86. The summed E-state index contributed by atoms with van der Waals surface area (Å²) in [5.74, 6) is -0.883. The summed E-state index contributed by atoms with van der Waals surface area (Å²) in [5.41, 5.74) is 0. The van der Waals surface area contributed by atoms with Crippen LogP contribution in [0.2, 0.25) is 0 Å². The number of carbonyl (C=O) groups excluding carboxylic acids is 1. The topological polar surface area (TPSA) is 83.5 Å². The van der Waals surface area contributed by atoms with Crippen LogP contribution in [0.3, 0.4) is 0 Å². The van der Waals surface area contributed by atoms with Crippen molar-refractivity contribution >= 4 is 22.7 Å². The van der Waals surface area contributed by atoms with Gasteiger partial charge in [-0.3, -0.25) is 13.8 Å². The second kappa shape index (κ2) is 8.22. The molecule has 5 nitrogen and oxygen atoms in total. The van der Waals surface area contributed by atoms with E-state index in [1.807, 2.05) is 0 Å². The Balaban J connectivity index is 3.87. The van der Waals surface area contributed by atoms with Crippen LogP contribution in [0.5, 0.6) is 0 Å². The number of carbonyl (C=O) groups is 2. The molecule has 2 unspecified atom stereocenters. The first-order valence-electron chi connectivity index (χ1n) is 5.68. The molecule has 0 aromatic rings. The van der Waals surface area contributed by atoms with E-state index in [4.69, 9.17) is 5.11 Å². The second-order valence-electron chi connectivity index (χ2n) is 4.47. The van der Waals surface area contributed by atoms with Crippen LogP contribution in [0, 0.1) is 5.92 Å². The molecule has 2 atom stereocenters. The minimum atomic E-state index is -1.42. The van der Waals surface area contributed by atoms with Crippen molar-refractivity contribution in [2.24, 2.45) is 5.92 Å². The lowest BCUT2D eigenvalue weighted by atomic mass is 10.1. The normalized spacial score (nSPS) is 14.4. The Morgan fingerprint density at radius 1 is 1.29 bits per heavy atom. The number of carboxylic acid groups (broad SMARTS) is 1. The summed E-state index contributed by atoms with van der Waals surface area (Å²) in [4.78, 5) is 21.8. The van der Waals surface area contributed by atoms with Gasteiger partial charge in [-0.1, -0.05) is 20.8 Å². The average Bonchev–Trinajstić information content (AvgIpc) is 2.15. The van der Waals surface area contributed by atoms with Crippen LogP contribution < -0.4 is 5.32 Å². The van der Waals surface area contributed by atoms with Crippen LogP contribution >= 0.6 is 0 Å². The van der Waals surface area contributed by atoms with Gasteiger partial charge in [0.25, 0.3) is 0 Å². The Labute approximate surface area is 104 Å². The molecule has 0 saturated heterocycles. The number of carboxylic acids is 1. The lowest BCUT2D eigenvalue weighted by Crippen LogP contribution is -2.32.